The van der Waals surface area contributed by atoms with Crippen LogP contribution in [-0.2, 0) is 24.1 Å². The molecule has 1 unspecified atom stereocenters. The molecule has 26 heavy (non-hydrogen) atoms. The van der Waals surface area contributed by atoms with Crippen molar-refractivity contribution >= 4 is 39.3 Å². The lowest BCUT2D eigenvalue weighted by atomic mass is 10.0. The van der Waals surface area contributed by atoms with Gasteiger partial charge in [-0.3, -0.25) is 8.51 Å². The second kappa shape index (κ2) is 8.27. The lowest BCUT2D eigenvalue weighted by Crippen LogP contribution is -2.18. The molecule has 2 aromatic carbocycles. The summed E-state index contributed by atoms with van der Waals surface area (Å²) in [5.74, 6) is -0.941. The zero-order valence-corrected chi connectivity index (χ0v) is 15.3. The van der Waals surface area contributed by atoms with E-state index < -0.39 is 17.2 Å². The minimum absolute atomic E-state index is 0.264. The van der Waals surface area contributed by atoms with E-state index in [2.05, 4.69) is 0 Å². The maximum atomic E-state index is 11.7. The van der Waals surface area contributed by atoms with Crippen LogP contribution in [-0.4, -0.2) is 19.8 Å². The fourth-order valence-electron chi connectivity index (χ4n) is 2.61. The number of carbonyl (C=O) groups is 1. The molecule has 0 bridgehead atoms. The first-order chi connectivity index (χ1) is 12.5. The largest absolute Gasteiger partial charge is 0.755 e. The Labute approximate surface area is 158 Å². The van der Waals surface area contributed by atoms with Crippen molar-refractivity contribution in [1.82, 2.24) is 0 Å². The van der Waals surface area contributed by atoms with Gasteiger partial charge in [0.1, 0.15) is 5.00 Å². The zero-order valence-electron chi connectivity index (χ0n) is 13.7. The number of rotatable bonds is 7. The molecule has 1 aromatic heterocycles. The summed E-state index contributed by atoms with van der Waals surface area (Å²) in [6.07, 6.45) is 1.47. The Hall–Kier alpha value is -2.48. The molecular formula is C19H16NO4S2-. The predicted molar refractivity (Wildman–Crippen MR) is 103 cm³/mol. The summed E-state index contributed by atoms with van der Waals surface area (Å²) < 4.78 is 24.6. The van der Waals surface area contributed by atoms with Crippen molar-refractivity contribution in [1.29, 1.82) is 0 Å². The summed E-state index contributed by atoms with van der Waals surface area (Å²) >= 11 is -1.04. The maximum absolute atomic E-state index is 11.7. The standard InChI is InChI=1S/C19H17NO4S2/c21-19(22)16-10-8-14(9-11-16)6-7-15-3-1-4-17(13-15)20(26(23)24)18-5-2-12-25-18/h1-5,8-13H,6-7H2,(H,21,22)(H,23,24)/p-1. The Kier molecular flexibility index (Phi) is 5.82. The number of carboxylic acids is 1. The average Bonchev–Trinajstić information content (AvgIpc) is 3.14. The van der Waals surface area contributed by atoms with Crippen LogP contribution in [0.1, 0.15) is 21.5 Å². The molecule has 7 heteroatoms. The van der Waals surface area contributed by atoms with Gasteiger partial charge in [0, 0.05) is 0 Å². The van der Waals surface area contributed by atoms with Crippen LogP contribution < -0.4 is 4.31 Å². The molecule has 1 heterocycles. The average molecular weight is 386 g/mol. The van der Waals surface area contributed by atoms with Gasteiger partial charge in [0.05, 0.1) is 22.5 Å². The van der Waals surface area contributed by atoms with E-state index in [1.807, 2.05) is 29.6 Å². The van der Waals surface area contributed by atoms with Gasteiger partial charge in [-0.2, -0.15) is 0 Å². The van der Waals surface area contributed by atoms with Crippen molar-refractivity contribution in [3.05, 3.63) is 82.7 Å². The molecule has 0 aliphatic carbocycles. The fraction of sp³-hybridized carbons (Fsp3) is 0.105. The summed E-state index contributed by atoms with van der Waals surface area (Å²) in [6, 6.07) is 17.8. The SMILES string of the molecule is O=C(O)c1ccc(CCc2cccc(N(c3cccs3)S(=O)[O-])c2)cc1. The van der Waals surface area contributed by atoms with Crippen molar-refractivity contribution in [3.8, 4) is 0 Å². The van der Waals surface area contributed by atoms with Gasteiger partial charge in [0.25, 0.3) is 0 Å². The molecule has 1 N–H and O–H groups in total. The number of aromatic carboxylic acids is 1. The topological polar surface area (TPSA) is 80.7 Å². The molecule has 0 fully saturated rings. The third-order valence-corrected chi connectivity index (χ3v) is 5.58. The third-order valence-electron chi connectivity index (χ3n) is 3.90. The number of hydrogen-bond acceptors (Lipinski definition) is 4. The molecule has 0 saturated carbocycles. The first-order valence-electron chi connectivity index (χ1n) is 7.89. The highest BCUT2D eigenvalue weighted by molar-refractivity contribution is 7.81. The van der Waals surface area contributed by atoms with Gasteiger partial charge in [-0.15, -0.1) is 11.3 Å². The quantitative estimate of drug-likeness (QED) is 0.618. The van der Waals surface area contributed by atoms with Crippen LogP contribution in [0.3, 0.4) is 0 Å². The maximum Gasteiger partial charge on any atom is 0.335 e. The van der Waals surface area contributed by atoms with E-state index in [1.165, 1.54) is 15.6 Å². The predicted octanol–water partition coefficient (Wildman–Crippen LogP) is 4.16. The van der Waals surface area contributed by atoms with Gasteiger partial charge < -0.3 is 9.66 Å². The summed E-state index contributed by atoms with van der Waals surface area (Å²) in [5.41, 5.74) is 2.90. The van der Waals surface area contributed by atoms with Gasteiger partial charge in [0.2, 0.25) is 0 Å². The summed E-state index contributed by atoms with van der Waals surface area (Å²) in [6.45, 7) is 0. The molecule has 3 aromatic rings. The Balaban J connectivity index is 1.74. The molecular weight excluding hydrogens is 370 g/mol. The monoisotopic (exact) mass is 386 g/mol. The van der Waals surface area contributed by atoms with E-state index in [1.54, 1.807) is 36.4 Å². The van der Waals surface area contributed by atoms with Crippen LogP contribution >= 0.6 is 11.3 Å². The minimum Gasteiger partial charge on any atom is -0.755 e. The van der Waals surface area contributed by atoms with Crippen LogP contribution in [0, 0.1) is 0 Å². The van der Waals surface area contributed by atoms with Crippen LogP contribution in [0.4, 0.5) is 10.7 Å². The van der Waals surface area contributed by atoms with E-state index in [-0.39, 0.29) is 5.56 Å². The number of anilines is 2. The van der Waals surface area contributed by atoms with Gasteiger partial charge in [-0.05, 0) is 65.7 Å². The summed E-state index contributed by atoms with van der Waals surface area (Å²) in [5, 5.41) is 11.4. The number of nitrogens with zero attached hydrogens (tertiary/aromatic N) is 1. The lowest BCUT2D eigenvalue weighted by molar-refractivity contribution is 0.0697. The normalized spacial score (nSPS) is 11.9. The molecule has 0 spiro atoms. The van der Waals surface area contributed by atoms with E-state index in [0.29, 0.717) is 10.7 Å². The highest BCUT2D eigenvalue weighted by Crippen LogP contribution is 2.31. The molecule has 5 nitrogen and oxygen atoms in total. The first kappa shape index (κ1) is 18.3. The molecule has 3 rings (SSSR count). The van der Waals surface area contributed by atoms with Gasteiger partial charge in [-0.1, -0.05) is 24.3 Å². The van der Waals surface area contributed by atoms with E-state index in [4.69, 9.17) is 5.11 Å². The van der Waals surface area contributed by atoms with E-state index >= 15 is 0 Å². The third kappa shape index (κ3) is 4.37. The molecule has 134 valence electrons. The molecule has 0 saturated heterocycles. The van der Waals surface area contributed by atoms with Crippen molar-refractivity contribution in [2.75, 3.05) is 4.31 Å². The summed E-state index contributed by atoms with van der Waals surface area (Å²) in [7, 11) is 0. The number of benzene rings is 2. The van der Waals surface area contributed by atoms with Crippen LogP contribution in [0.15, 0.2) is 66.0 Å². The Bertz CT molecular complexity index is 908. The van der Waals surface area contributed by atoms with Gasteiger partial charge >= 0.3 is 5.97 Å². The molecule has 0 radical (unpaired) electrons. The van der Waals surface area contributed by atoms with Crippen molar-refractivity contribution in [2.24, 2.45) is 0 Å². The van der Waals surface area contributed by atoms with Gasteiger partial charge in [-0.25, -0.2) is 4.79 Å². The number of thiophene rings is 1. The van der Waals surface area contributed by atoms with Crippen LogP contribution in [0.5, 0.6) is 0 Å². The molecule has 1 atom stereocenters. The molecule has 0 amide bonds. The van der Waals surface area contributed by atoms with Crippen molar-refractivity contribution in [3.63, 3.8) is 0 Å². The van der Waals surface area contributed by atoms with Crippen molar-refractivity contribution in [2.45, 2.75) is 12.8 Å². The van der Waals surface area contributed by atoms with Crippen molar-refractivity contribution < 1.29 is 18.7 Å². The minimum atomic E-state index is -2.40. The summed E-state index contributed by atoms with van der Waals surface area (Å²) in [4.78, 5) is 10.9. The fourth-order valence-corrected chi connectivity index (χ4v) is 4.07. The second-order valence-electron chi connectivity index (χ2n) is 5.63. The first-order valence-corrected chi connectivity index (χ1v) is 9.80. The zero-order chi connectivity index (χ0) is 18.5. The number of aryl methyl sites for hydroxylation is 2. The number of carboxylic acid groups (broad SMARTS) is 1. The van der Waals surface area contributed by atoms with Crippen LogP contribution in [0.2, 0.25) is 0 Å². The Morgan fingerprint density at radius 1 is 1.04 bits per heavy atom. The molecule has 0 aliphatic rings. The van der Waals surface area contributed by atoms with E-state index in [0.717, 1.165) is 24.0 Å². The highest BCUT2D eigenvalue weighted by atomic mass is 32.2. The van der Waals surface area contributed by atoms with Gasteiger partial charge in [0.15, 0.2) is 0 Å². The van der Waals surface area contributed by atoms with E-state index in [9.17, 15) is 13.6 Å². The van der Waals surface area contributed by atoms with Crippen LogP contribution in [0.25, 0.3) is 0 Å². The molecule has 0 aliphatic heterocycles. The Morgan fingerprint density at radius 3 is 2.38 bits per heavy atom. The lowest BCUT2D eigenvalue weighted by Gasteiger charge is -2.25. The smallest absolute Gasteiger partial charge is 0.335 e. The Morgan fingerprint density at radius 2 is 1.77 bits per heavy atom. The second-order valence-corrected chi connectivity index (χ2v) is 7.36. The number of hydrogen-bond donors (Lipinski definition) is 1. The highest BCUT2D eigenvalue weighted by Gasteiger charge is 2.12.